The molecule has 0 radical (unpaired) electrons. The number of aliphatic carboxylic acids is 1. The number of rotatable bonds is 15. The van der Waals surface area contributed by atoms with Crippen LogP contribution in [0.3, 0.4) is 0 Å². The summed E-state index contributed by atoms with van der Waals surface area (Å²) in [5.74, 6) is -1.25. The molecular weight excluding hydrogens is 739 g/mol. The van der Waals surface area contributed by atoms with Gasteiger partial charge in [-0.05, 0) is 60.8 Å². The zero-order chi connectivity index (χ0) is 38.9. The average Bonchev–Trinajstić information content (AvgIpc) is 3.78. The zero-order valence-electron chi connectivity index (χ0n) is 30.2. The van der Waals surface area contributed by atoms with Gasteiger partial charge < -0.3 is 30.5 Å². The smallest absolute Gasteiger partial charge is 0.437 e. The van der Waals surface area contributed by atoms with Crippen molar-refractivity contribution in [2.24, 2.45) is 5.92 Å². The van der Waals surface area contributed by atoms with Gasteiger partial charge in [0.1, 0.15) is 11.7 Å². The zero-order valence-corrected chi connectivity index (χ0v) is 31.0. The molecule has 0 spiro atoms. The summed E-state index contributed by atoms with van der Waals surface area (Å²) in [6.45, 7) is 0.877. The molecule has 1 saturated carbocycles. The van der Waals surface area contributed by atoms with Gasteiger partial charge in [-0.2, -0.15) is 18.2 Å². The van der Waals surface area contributed by atoms with E-state index >= 15 is 0 Å². The lowest BCUT2D eigenvalue weighted by atomic mass is 9.94. The number of carboxylic acids is 1. The Labute approximate surface area is 320 Å². The number of methoxy groups -OCH3 is 2. The Morgan fingerprint density at radius 1 is 0.945 bits per heavy atom. The minimum absolute atomic E-state index is 0.0656. The van der Waals surface area contributed by atoms with Crippen LogP contribution in [0.1, 0.15) is 66.2 Å². The highest BCUT2D eigenvalue weighted by atomic mass is 35.5. The van der Waals surface area contributed by atoms with E-state index in [9.17, 15) is 27.9 Å². The van der Waals surface area contributed by atoms with Crippen LogP contribution >= 0.6 is 11.6 Å². The lowest BCUT2D eigenvalue weighted by Gasteiger charge is -2.21. The van der Waals surface area contributed by atoms with Crippen molar-refractivity contribution in [3.63, 3.8) is 0 Å². The second kappa shape index (κ2) is 16.0. The highest BCUT2D eigenvalue weighted by molar-refractivity contribution is 6.36. The van der Waals surface area contributed by atoms with E-state index in [0.717, 1.165) is 47.1 Å². The molecule has 4 aromatic rings. The number of anilines is 1. The summed E-state index contributed by atoms with van der Waals surface area (Å²) < 4.78 is 54.4. The van der Waals surface area contributed by atoms with Crippen LogP contribution in [-0.4, -0.2) is 64.8 Å². The van der Waals surface area contributed by atoms with E-state index in [1.54, 1.807) is 7.11 Å². The van der Waals surface area contributed by atoms with Crippen LogP contribution in [0.25, 0.3) is 22.4 Å². The molecule has 0 bridgehead atoms. The fourth-order valence-corrected chi connectivity index (χ4v) is 7.75. The molecule has 3 aliphatic rings. The average molecular weight is 780 g/mol. The second-order valence-electron chi connectivity index (χ2n) is 14.0. The van der Waals surface area contributed by atoms with E-state index in [2.05, 4.69) is 31.2 Å². The number of amides is 1. The SMILES string of the molecule is COc1nc(-c2cccc(-c3cccc4c3CC[C@@H]4Nc3nc(OC)c(CNC(C(=O)O)C4CC4)nc3C(F)(F)F)c2Cl)ccc1CNC[C@@H]1CCC(=O)N1. The summed E-state index contributed by atoms with van der Waals surface area (Å²) >= 11 is 7.11. The van der Waals surface area contributed by atoms with Crippen LogP contribution in [0, 0.1) is 5.92 Å². The summed E-state index contributed by atoms with van der Waals surface area (Å²) in [6, 6.07) is 13.8. The van der Waals surface area contributed by atoms with Gasteiger partial charge in [-0.1, -0.05) is 54.1 Å². The summed E-state index contributed by atoms with van der Waals surface area (Å²) in [4.78, 5) is 36.1. The van der Waals surface area contributed by atoms with Crippen LogP contribution in [-0.2, 0) is 35.3 Å². The number of fused-ring (bicyclic) bond motifs is 1. The van der Waals surface area contributed by atoms with Crippen molar-refractivity contribution < 1.29 is 37.3 Å². The van der Waals surface area contributed by atoms with Crippen molar-refractivity contribution in [1.82, 2.24) is 30.9 Å². The van der Waals surface area contributed by atoms with Crippen LogP contribution in [0.15, 0.2) is 48.5 Å². The molecule has 2 aromatic carbocycles. The minimum Gasteiger partial charge on any atom is -0.481 e. The number of hydrogen-bond donors (Lipinski definition) is 5. The number of nitrogens with zero attached hydrogens (tertiary/aromatic N) is 3. The fourth-order valence-electron chi connectivity index (χ4n) is 7.42. The van der Waals surface area contributed by atoms with E-state index in [0.29, 0.717) is 54.5 Å². The number of benzene rings is 2. The van der Waals surface area contributed by atoms with E-state index < -0.39 is 35.7 Å². The molecule has 2 fully saturated rings. The monoisotopic (exact) mass is 779 g/mol. The molecule has 5 N–H and O–H groups in total. The van der Waals surface area contributed by atoms with E-state index in [1.807, 2.05) is 48.5 Å². The van der Waals surface area contributed by atoms with E-state index in [4.69, 9.17) is 26.1 Å². The highest BCUT2D eigenvalue weighted by Gasteiger charge is 2.40. The Hall–Kier alpha value is -4.99. The number of pyridine rings is 1. The van der Waals surface area contributed by atoms with Crippen LogP contribution < -0.4 is 30.7 Å². The lowest BCUT2D eigenvalue weighted by molar-refractivity contribution is -0.141. The number of ether oxygens (including phenoxy) is 2. The third-order valence-corrected chi connectivity index (χ3v) is 10.7. The summed E-state index contributed by atoms with van der Waals surface area (Å²) in [6.07, 6.45) is -1.01. The third-order valence-electron chi connectivity index (χ3n) is 10.3. The molecule has 55 heavy (non-hydrogen) atoms. The van der Waals surface area contributed by atoms with Gasteiger partial charge in [0.15, 0.2) is 11.5 Å². The van der Waals surface area contributed by atoms with Crippen LogP contribution in [0.2, 0.25) is 5.02 Å². The molecular formula is C39H41ClF3N7O5. The van der Waals surface area contributed by atoms with Crippen LogP contribution in [0.4, 0.5) is 19.0 Å². The quantitative estimate of drug-likeness (QED) is 0.0920. The predicted octanol–water partition coefficient (Wildman–Crippen LogP) is 6.32. The first-order chi connectivity index (χ1) is 26.4. The Kier molecular flexibility index (Phi) is 11.1. The standard InChI is InChI=1S/C39H41ClF3N7O5/c1-54-36-21(17-44-18-22-12-16-31(51)46-22)11-14-29(49-36)27-8-4-7-26(32(27)40)23-5-3-6-25-24(23)13-15-28(25)48-35-34(39(41,42)43)47-30(37(50-35)55-2)19-45-33(38(52)53)20-9-10-20/h3-8,11,14,20,22,28,33,44-45H,9-10,12-13,15-19H2,1-2H3,(H,46,51)(H,48,50)(H,52,53)/t22-,28-,33?/m0/s1. The van der Waals surface area contributed by atoms with Crippen molar-refractivity contribution in [3.05, 3.63) is 81.6 Å². The number of carbonyl (C=O) groups excluding carboxylic acids is 1. The molecule has 7 rings (SSSR count). The molecule has 1 saturated heterocycles. The molecule has 1 aliphatic heterocycles. The first kappa shape index (κ1) is 38.3. The predicted molar refractivity (Wildman–Crippen MR) is 199 cm³/mol. The van der Waals surface area contributed by atoms with Gasteiger partial charge in [0.2, 0.25) is 17.7 Å². The second-order valence-corrected chi connectivity index (χ2v) is 14.4. The third kappa shape index (κ3) is 8.33. The number of nitrogens with one attached hydrogen (secondary N) is 4. The number of aromatic nitrogens is 3. The van der Waals surface area contributed by atoms with Gasteiger partial charge in [0, 0.05) is 48.8 Å². The maximum absolute atomic E-state index is 14.5. The highest BCUT2D eigenvalue weighted by Crippen LogP contribution is 2.45. The van der Waals surface area contributed by atoms with Gasteiger partial charge in [-0.15, -0.1) is 0 Å². The first-order valence-electron chi connectivity index (χ1n) is 18.1. The van der Waals surface area contributed by atoms with Crippen molar-refractivity contribution in [1.29, 1.82) is 0 Å². The van der Waals surface area contributed by atoms with Gasteiger partial charge in [-0.3, -0.25) is 14.9 Å². The van der Waals surface area contributed by atoms with E-state index in [1.165, 1.54) is 7.11 Å². The van der Waals surface area contributed by atoms with Gasteiger partial charge in [0.05, 0.1) is 31.0 Å². The van der Waals surface area contributed by atoms with Gasteiger partial charge in [-0.25, -0.2) is 9.97 Å². The number of alkyl halides is 3. The Morgan fingerprint density at radius 3 is 2.38 bits per heavy atom. The van der Waals surface area contributed by atoms with Gasteiger partial charge in [0.25, 0.3) is 0 Å². The largest absolute Gasteiger partial charge is 0.481 e. The lowest BCUT2D eigenvalue weighted by Crippen LogP contribution is -2.38. The molecule has 2 aliphatic carbocycles. The van der Waals surface area contributed by atoms with Crippen molar-refractivity contribution in [2.75, 3.05) is 26.1 Å². The summed E-state index contributed by atoms with van der Waals surface area (Å²) in [5, 5.41) is 22.2. The molecule has 16 heteroatoms. The molecule has 1 unspecified atom stereocenters. The molecule has 2 aromatic heterocycles. The maximum Gasteiger partial charge on any atom is 0.437 e. The van der Waals surface area contributed by atoms with Crippen LogP contribution in [0.5, 0.6) is 11.8 Å². The molecule has 3 atom stereocenters. The Morgan fingerprint density at radius 2 is 1.69 bits per heavy atom. The minimum atomic E-state index is -4.85. The normalized spacial score (nSPS) is 18.5. The number of halogens is 4. The maximum atomic E-state index is 14.5. The van der Waals surface area contributed by atoms with E-state index in [-0.39, 0.29) is 36.0 Å². The van der Waals surface area contributed by atoms with Crippen molar-refractivity contribution >= 4 is 29.3 Å². The number of hydrogen-bond acceptors (Lipinski definition) is 10. The number of carbonyl (C=O) groups is 2. The number of carboxylic acid groups (broad SMARTS) is 1. The summed E-state index contributed by atoms with van der Waals surface area (Å²) in [5.41, 5.74) is 4.16. The summed E-state index contributed by atoms with van der Waals surface area (Å²) in [7, 11) is 2.84. The molecule has 290 valence electrons. The Bertz CT molecular complexity index is 2100. The Balaban J connectivity index is 1.12. The van der Waals surface area contributed by atoms with Crippen molar-refractivity contribution in [3.8, 4) is 34.1 Å². The van der Waals surface area contributed by atoms with Gasteiger partial charge >= 0.3 is 12.1 Å². The fraction of sp³-hybridized carbons (Fsp3) is 0.410. The molecule has 1 amide bonds. The van der Waals surface area contributed by atoms with Crippen molar-refractivity contribution in [2.45, 2.75) is 75.9 Å². The topological polar surface area (TPSA) is 160 Å². The molecule has 3 heterocycles. The molecule has 12 nitrogen and oxygen atoms in total. The first-order valence-corrected chi connectivity index (χ1v) is 18.5.